The van der Waals surface area contributed by atoms with Gasteiger partial charge in [0.1, 0.15) is 5.01 Å². The number of nitrogens with zero attached hydrogens (tertiary/aromatic N) is 3. The number of aryl methyl sites for hydroxylation is 1. The van der Waals surface area contributed by atoms with Crippen LogP contribution in [-0.2, 0) is 0 Å². The van der Waals surface area contributed by atoms with Crippen LogP contribution in [0.5, 0.6) is 0 Å². The van der Waals surface area contributed by atoms with Crippen LogP contribution in [0.1, 0.15) is 4.88 Å². The molecule has 0 aliphatic rings. The van der Waals surface area contributed by atoms with E-state index < -0.39 is 0 Å². The van der Waals surface area contributed by atoms with E-state index in [4.69, 9.17) is 9.51 Å². The van der Waals surface area contributed by atoms with Gasteiger partial charge in [0.2, 0.25) is 5.82 Å². The van der Waals surface area contributed by atoms with Crippen molar-refractivity contribution >= 4 is 34.0 Å². The van der Waals surface area contributed by atoms with Crippen LogP contribution in [0.4, 0.5) is 0 Å². The highest BCUT2D eigenvalue weighted by atomic mass is 32.1. The van der Waals surface area contributed by atoms with E-state index in [-0.39, 0.29) is 0 Å². The van der Waals surface area contributed by atoms with Gasteiger partial charge in [-0.15, -0.1) is 22.7 Å². The minimum atomic E-state index is 0.547. The number of benzene rings is 1. The van der Waals surface area contributed by atoms with Gasteiger partial charge in [-0.3, -0.25) is 0 Å². The molecule has 5 aromatic rings. The molecule has 0 radical (unpaired) electrons. The van der Waals surface area contributed by atoms with E-state index in [0.29, 0.717) is 11.7 Å². The minimum Gasteiger partial charge on any atom is -0.334 e. The number of aromatic nitrogens is 3. The van der Waals surface area contributed by atoms with Crippen molar-refractivity contribution in [2.45, 2.75) is 6.92 Å². The topological polar surface area (TPSA) is 51.8 Å². The average Bonchev–Trinajstić information content (AvgIpc) is 3.47. The van der Waals surface area contributed by atoms with Crippen molar-refractivity contribution in [3.05, 3.63) is 63.5 Å². The summed E-state index contributed by atoms with van der Waals surface area (Å²) in [5.41, 5.74) is 3.94. The van der Waals surface area contributed by atoms with Crippen LogP contribution in [0.3, 0.4) is 0 Å². The minimum absolute atomic E-state index is 0.547. The Morgan fingerprint density at radius 3 is 2.44 bits per heavy atom. The van der Waals surface area contributed by atoms with Crippen LogP contribution in [0.2, 0.25) is 0 Å². The smallest absolute Gasteiger partial charge is 0.259 e. The monoisotopic (exact) mass is 407 g/mol. The summed E-state index contributed by atoms with van der Waals surface area (Å²) in [7, 11) is 0. The molecule has 7 heteroatoms. The number of hydrogen-bond acceptors (Lipinski definition) is 7. The zero-order valence-corrected chi connectivity index (χ0v) is 16.7. The standard InChI is InChI=1S/C20H13N3OS3/c1-12-2-7-17(27-12)20-21-16(11-26-20)13-3-5-14(6-4-13)18-22-19(24-23-18)15-8-9-25-10-15/h2-11H,1H3. The summed E-state index contributed by atoms with van der Waals surface area (Å²) < 4.78 is 5.37. The Hall–Kier alpha value is -2.61. The third-order valence-corrected chi connectivity index (χ3v) is 6.78. The summed E-state index contributed by atoms with van der Waals surface area (Å²) in [5.74, 6) is 1.14. The van der Waals surface area contributed by atoms with Crippen molar-refractivity contribution in [1.82, 2.24) is 15.1 Å². The Morgan fingerprint density at radius 1 is 0.852 bits per heavy atom. The highest BCUT2D eigenvalue weighted by Crippen LogP contribution is 2.33. The van der Waals surface area contributed by atoms with Crippen LogP contribution in [-0.4, -0.2) is 15.1 Å². The third kappa shape index (κ3) is 3.25. The first-order valence-corrected chi connectivity index (χ1v) is 10.9. The molecule has 0 aliphatic heterocycles. The van der Waals surface area contributed by atoms with Crippen LogP contribution in [0.25, 0.3) is 44.0 Å². The summed E-state index contributed by atoms with van der Waals surface area (Å²) >= 11 is 5.05. The number of thiophene rings is 2. The first-order chi connectivity index (χ1) is 13.3. The Bertz CT molecular complexity index is 1180. The number of thiazole rings is 1. The highest BCUT2D eigenvalue weighted by Gasteiger charge is 2.12. The van der Waals surface area contributed by atoms with Gasteiger partial charge in [-0.05, 0) is 30.5 Å². The molecule has 132 valence electrons. The van der Waals surface area contributed by atoms with Crippen LogP contribution in [0.15, 0.2) is 63.1 Å². The fourth-order valence-corrected chi connectivity index (χ4v) is 5.10. The Labute approximate surface area is 167 Å². The maximum atomic E-state index is 5.37. The molecule has 0 atom stereocenters. The molecule has 0 saturated carbocycles. The van der Waals surface area contributed by atoms with Gasteiger partial charge in [-0.1, -0.05) is 29.4 Å². The molecule has 0 spiro atoms. The molecule has 5 rings (SSSR count). The molecule has 0 N–H and O–H groups in total. The van der Waals surface area contributed by atoms with Crippen LogP contribution in [0, 0.1) is 6.92 Å². The molecule has 27 heavy (non-hydrogen) atoms. The number of hydrogen-bond donors (Lipinski definition) is 0. The average molecular weight is 408 g/mol. The SMILES string of the molecule is Cc1ccc(-c2nc(-c3ccc(-c4noc(-c5ccsc5)n4)cc3)cs2)s1. The lowest BCUT2D eigenvalue weighted by Gasteiger charge is -1.98. The Balaban J connectivity index is 1.40. The predicted molar refractivity (Wildman–Crippen MR) is 112 cm³/mol. The first-order valence-electron chi connectivity index (χ1n) is 8.26. The van der Waals surface area contributed by atoms with E-state index in [1.54, 1.807) is 34.0 Å². The second-order valence-corrected chi connectivity index (χ2v) is 8.89. The van der Waals surface area contributed by atoms with Gasteiger partial charge in [0.25, 0.3) is 5.89 Å². The van der Waals surface area contributed by atoms with E-state index in [1.165, 1.54) is 9.75 Å². The predicted octanol–water partition coefficient (Wildman–Crippen LogP) is 6.63. The molecular weight excluding hydrogens is 394 g/mol. The molecule has 4 heterocycles. The van der Waals surface area contributed by atoms with E-state index in [2.05, 4.69) is 46.7 Å². The van der Waals surface area contributed by atoms with Crippen molar-refractivity contribution in [3.63, 3.8) is 0 Å². The normalized spacial score (nSPS) is 11.1. The first kappa shape index (κ1) is 16.6. The second kappa shape index (κ2) is 6.84. The maximum absolute atomic E-state index is 5.37. The summed E-state index contributed by atoms with van der Waals surface area (Å²) in [6.07, 6.45) is 0. The molecular formula is C20H13N3OS3. The van der Waals surface area contributed by atoms with Gasteiger partial charge in [0.05, 0.1) is 16.1 Å². The lowest BCUT2D eigenvalue weighted by atomic mass is 10.1. The van der Waals surface area contributed by atoms with Gasteiger partial charge >= 0.3 is 0 Å². The van der Waals surface area contributed by atoms with E-state index in [9.17, 15) is 0 Å². The van der Waals surface area contributed by atoms with Crippen molar-refractivity contribution in [2.75, 3.05) is 0 Å². The fraction of sp³-hybridized carbons (Fsp3) is 0.0500. The molecule has 0 fully saturated rings. The Kier molecular flexibility index (Phi) is 4.20. The maximum Gasteiger partial charge on any atom is 0.259 e. The third-order valence-electron chi connectivity index (χ3n) is 4.09. The van der Waals surface area contributed by atoms with Crippen LogP contribution >= 0.6 is 34.0 Å². The zero-order valence-electron chi connectivity index (χ0n) is 14.2. The summed E-state index contributed by atoms with van der Waals surface area (Å²) in [6.45, 7) is 2.11. The molecule has 0 saturated heterocycles. The van der Waals surface area contributed by atoms with Crippen LogP contribution < -0.4 is 0 Å². The van der Waals surface area contributed by atoms with E-state index >= 15 is 0 Å². The van der Waals surface area contributed by atoms with Gasteiger partial charge < -0.3 is 4.52 Å². The van der Waals surface area contributed by atoms with Crippen molar-refractivity contribution in [3.8, 4) is 44.0 Å². The Morgan fingerprint density at radius 2 is 1.70 bits per heavy atom. The van der Waals surface area contributed by atoms with Crippen molar-refractivity contribution in [2.24, 2.45) is 0 Å². The largest absolute Gasteiger partial charge is 0.334 e. The fourth-order valence-electron chi connectivity index (χ4n) is 2.70. The van der Waals surface area contributed by atoms with Gasteiger partial charge in [-0.2, -0.15) is 16.3 Å². The zero-order chi connectivity index (χ0) is 18.2. The van der Waals surface area contributed by atoms with Gasteiger partial charge in [0, 0.05) is 26.8 Å². The molecule has 0 amide bonds. The van der Waals surface area contributed by atoms with E-state index in [1.807, 2.05) is 29.0 Å². The lowest BCUT2D eigenvalue weighted by Crippen LogP contribution is -1.83. The quantitative estimate of drug-likeness (QED) is 0.336. The summed E-state index contributed by atoms with van der Waals surface area (Å²) in [4.78, 5) is 11.8. The highest BCUT2D eigenvalue weighted by molar-refractivity contribution is 7.21. The lowest BCUT2D eigenvalue weighted by molar-refractivity contribution is 0.432. The molecule has 4 aromatic heterocycles. The molecule has 0 unspecified atom stereocenters. The molecule has 4 nitrogen and oxygen atoms in total. The molecule has 1 aromatic carbocycles. The summed E-state index contributed by atoms with van der Waals surface area (Å²) in [6, 6.07) is 14.3. The van der Waals surface area contributed by atoms with E-state index in [0.717, 1.165) is 27.4 Å². The second-order valence-electron chi connectivity index (χ2n) is 5.96. The van der Waals surface area contributed by atoms with Gasteiger partial charge in [0.15, 0.2) is 0 Å². The molecule has 0 bridgehead atoms. The summed E-state index contributed by atoms with van der Waals surface area (Å²) in [5, 5.41) is 11.2. The molecule has 0 aliphatic carbocycles. The van der Waals surface area contributed by atoms with Crippen molar-refractivity contribution < 1.29 is 4.52 Å². The number of rotatable bonds is 4. The van der Waals surface area contributed by atoms with Gasteiger partial charge in [-0.25, -0.2) is 4.98 Å². The van der Waals surface area contributed by atoms with Crippen molar-refractivity contribution in [1.29, 1.82) is 0 Å².